The molecule has 5 nitrogen and oxygen atoms in total. The van der Waals surface area contributed by atoms with E-state index in [1.165, 1.54) is 0 Å². The largest absolute Gasteiger partial charge is 0.353 e. The summed E-state index contributed by atoms with van der Waals surface area (Å²) in [5, 5.41) is 0. The predicted octanol–water partition coefficient (Wildman–Crippen LogP) is 3.58. The highest BCUT2D eigenvalue weighted by Crippen LogP contribution is 2.47. The maximum absolute atomic E-state index is 12.3. The van der Waals surface area contributed by atoms with Gasteiger partial charge in [-0.2, -0.15) is 0 Å². The Morgan fingerprint density at radius 3 is 2.43 bits per heavy atom. The van der Waals surface area contributed by atoms with Crippen molar-refractivity contribution < 1.29 is 23.1 Å². The van der Waals surface area contributed by atoms with Crippen molar-refractivity contribution in [3.8, 4) is 11.8 Å². The minimum absolute atomic E-state index is 0.0764. The van der Waals surface area contributed by atoms with Gasteiger partial charge in [0.2, 0.25) is 0 Å². The SMILES string of the molecule is CCOP(=O)(CC#CC(C)(C)OC1CCCCO1)OCC. The van der Waals surface area contributed by atoms with Gasteiger partial charge in [0.1, 0.15) is 11.8 Å². The minimum atomic E-state index is -3.11. The van der Waals surface area contributed by atoms with Gasteiger partial charge < -0.3 is 18.5 Å². The van der Waals surface area contributed by atoms with Crippen LogP contribution in [0.1, 0.15) is 47.0 Å². The van der Waals surface area contributed by atoms with Crippen molar-refractivity contribution >= 4 is 7.60 Å². The Kier molecular flexibility index (Phi) is 7.94. The van der Waals surface area contributed by atoms with Crippen LogP contribution in [0, 0.1) is 11.8 Å². The summed E-state index contributed by atoms with van der Waals surface area (Å²) in [6, 6.07) is 0. The fourth-order valence-corrected chi connectivity index (χ4v) is 3.35. The van der Waals surface area contributed by atoms with Crippen LogP contribution in [-0.2, 0) is 23.1 Å². The van der Waals surface area contributed by atoms with Crippen LogP contribution in [0.15, 0.2) is 0 Å². The fourth-order valence-electron chi connectivity index (χ4n) is 2.03. The molecule has 1 aliphatic heterocycles. The molecule has 1 heterocycles. The third-order valence-electron chi connectivity index (χ3n) is 2.88. The average molecular weight is 318 g/mol. The highest BCUT2D eigenvalue weighted by Gasteiger charge is 2.25. The molecular weight excluding hydrogens is 291 g/mol. The van der Waals surface area contributed by atoms with Crippen LogP contribution >= 0.6 is 7.60 Å². The van der Waals surface area contributed by atoms with Crippen molar-refractivity contribution in [2.75, 3.05) is 26.0 Å². The van der Waals surface area contributed by atoms with Crippen molar-refractivity contribution in [3.05, 3.63) is 0 Å². The van der Waals surface area contributed by atoms with Crippen LogP contribution in [0.4, 0.5) is 0 Å². The van der Waals surface area contributed by atoms with Gasteiger partial charge in [-0.1, -0.05) is 11.8 Å². The molecule has 21 heavy (non-hydrogen) atoms. The lowest BCUT2D eigenvalue weighted by molar-refractivity contribution is -0.199. The minimum Gasteiger partial charge on any atom is -0.353 e. The molecule has 6 heteroatoms. The monoisotopic (exact) mass is 318 g/mol. The number of rotatable bonds is 7. The van der Waals surface area contributed by atoms with Crippen molar-refractivity contribution in [2.45, 2.75) is 58.8 Å². The first-order valence-corrected chi connectivity index (χ1v) is 9.31. The third-order valence-corrected chi connectivity index (χ3v) is 4.73. The van der Waals surface area contributed by atoms with E-state index in [-0.39, 0.29) is 12.5 Å². The second-order valence-electron chi connectivity index (χ2n) is 5.33. The number of hydrogen-bond acceptors (Lipinski definition) is 5. The van der Waals surface area contributed by atoms with Gasteiger partial charge in [0.25, 0.3) is 0 Å². The van der Waals surface area contributed by atoms with E-state index in [1.807, 2.05) is 13.8 Å². The highest BCUT2D eigenvalue weighted by molar-refractivity contribution is 7.54. The van der Waals surface area contributed by atoms with E-state index in [4.69, 9.17) is 18.5 Å². The molecule has 0 radical (unpaired) electrons. The summed E-state index contributed by atoms with van der Waals surface area (Å²) >= 11 is 0. The summed E-state index contributed by atoms with van der Waals surface area (Å²) in [6.45, 7) is 8.75. The van der Waals surface area contributed by atoms with E-state index < -0.39 is 13.2 Å². The van der Waals surface area contributed by atoms with Crippen molar-refractivity contribution in [1.82, 2.24) is 0 Å². The van der Waals surface area contributed by atoms with E-state index in [2.05, 4.69) is 11.8 Å². The first kappa shape index (κ1) is 18.7. The molecule has 1 rings (SSSR count). The van der Waals surface area contributed by atoms with Crippen LogP contribution in [0.3, 0.4) is 0 Å². The van der Waals surface area contributed by atoms with Crippen molar-refractivity contribution in [1.29, 1.82) is 0 Å². The van der Waals surface area contributed by atoms with E-state index in [1.54, 1.807) is 13.8 Å². The van der Waals surface area contributed by atoms with E-state index in [9.17, 15) is 4.57 Å². The Bertz CT molecular complexity index is 394. The summed E-state index contributed by atoms with van der Waals surface area (Å²) < 4.78 is 34.1. The van der Waals surface area contributed by atoms with Gasteiger partial charge in [0, 0.05) is 6.61 Å². The predicted molar refractivity (Wildman–Crippen MR) is 82.3 cm³/mol. The summed E-state index contributed by atoms with van der Waals surface area (Å²) in [6.07, 6.45) is 2.96. The first-order valence-electron chi connectivity index (χ1n) is 7.58. The lowest BCUT2D eigenvalue weighted by atomic mass is 10.1. The normalized spacial score (nSPS) is 19.9. The Balaban J connectivity index is 2.55. The van der Waals surface area contributed by atoms with Gasteiger partial charge in [-0.05, 0) is 47.0 Å². The average Bonchev–Trinajstić information content (AvgIpc) is 2.39. The summed E-state index contributed by atoms with van der Waals surface area (Å²) in [5.41, 5.74) is -0.648. The van der Waals surface area contributed by atoms with Crippen molar-refractivity contribution in [2.24, 2.45) is 0 Å². The molecule has 0 amide bonds. The lowest BCUT2D eigenvalue weighted by Crippen LogP contribution is -2.33. The Morgan fingerprint density at radius 1 is 1.24 bits per heavy atom. The molecule has 0 aromatic carbocycles. The highest BCUT2D eigenvalue weighted by atomic mass is 31.2. The molecule has 122 valence electrons. The molecule has 1 atom stereocenters. The molecule has 1 saturated heterocycles. The van der Waals surface area contributed by atoms with Gasteiger partial charge in [-0.25, -0.2) is 0 Å². The number of hydrogen-bond donors (Lipinski definition) is 0. The molecule has 1 unspecified atom stereocenters. The molecule has 0 aliphatic carbocycles. The molecule has 1 fully saturated rings. The topological polar surface area (TPSA) is 54.0 Å². The smallest absolute Gasteiger partial charge is 0.342 e. The Morgan fingerprint density at radius 2 is 1.90 bits per heavy atom. The van der Waals surface area contributed by atoms with Gasteiger partial charge in [-0.3, -0.25) is 4.57 Å². The summed E-state index contributed by atoms with van der Waals surface area (Å²) in [7, 11) is -3.11. The lowest BCUT2D eigenvalue weighted by Gasteiger charge is -2.29. The second-order valence-corrected chi connectivity index (χ2v) is 7.39. The molecule has 0 bridgehead atoms. The molecule has 0 spiro atoms. The van der Waals surface area contributed by atoms with Gasteiger partial charge >= 0.3 is 7.60 Å². The number of ether oxygens (including phenoxy) is 2. The molecular formula is C15H27O5P. The van der Waals surface area contributed by atoms with Crippen LogP contribution in [0.25, 0.3) is 0 Å². The zero-order valence-electron chi connectivity index (χ0n) is 13.5. The van der Waals surface area contributed by atoms with Crippen LogP contribution in [0.2, 0.25) is 0 Å². The van der Waals surface area contributed by atoms with E-state index in [0.29, 0.717) is 13.2 Å². The molecule has 0 N–H and O–H groups in total. The maximum atomic E-state index is 12.3. The molecule has 0 aromatic heterocycles. The molecule has 0 aromatic rings. The Hall–Kier alpha value is -0.370. The van der Waals surface area contributed by atoms with Crippen LogP contribution in [-0.4, -0.2) is 37.9 Å². The van der Waals surface area contributed by atoms with Crippen LogP contribution in [0.5, 0.6) is 0 Å². The van der Waals surface area contributed by atoms with Gasteiger partial charge in [0.15, 0.2) is 6.29 Å². The standard InChI is InChI=1S/C15H27O5P/c1-5-18-21(16,19-6-2)13-9-11-15(3,4)20-14-10-7-8-12-17-14/h14H,5-8,10,12-13H2,1-4H3. The molecule has 1 aliphatic rings. The second kappa shape index (κ2) is 8.92. The van der Waals surface area contributed by atoms with Gasteiger partial charge in [-0.15, -0.1) is 0 Å². The van der Waals surface area contributed by atoms with Gasteiger partial charge in [0.05, 0.1) is 13.2 Å². The van der Waals surface area contributed by atoms with Crippen LogP contribution < -0.4 is 0 Å². The van der Waals surface area contributed by atoms with Crippen molar-refractivity contribution in [3.63, 3.8) is 0 Å². The van der Waals surface area contributed by atoms with E-state index >= 15 is 0 Å². The summed E-state index contributed by atoms with van der Waals surface area (Å²) in [5.74, 6) is 5.88. The zero-order chi connectivity index (χ0) is 15.8. The Labute approximate surface area is 128 Å². The first-order chi connectivity index (χ1) is 9.91. The zero-order valence-corrected chi connectivity index (χ0v) is 14.4. The third kappa shape index (κ3) is 7.44. The van der Waals surface area contributed by atoms with E-state index in [0.717, 1.165) is 25.9 Å². The fraction of sp³-hybridized carbons (Fsp3) is 0.867. The maximum Gasteiger partial charge on any atom is 0.342 e. The molecule has 0 saturated carbocycles. The quantitative estimate of drug-likeness (QED) is 0.530. The summed E-state index contributed by atoms with van der Waals surface area (Å²) in [4.78, 5) is 0.